The number of nitrogens with zero attached hydrogens (tertiary/aromatic N) is 3. The van der Waals surface area contributed by atoms with Gasteiger partial charge in [-0.1, -0.05) is 0 Å². The van der Waals surface area contributed by atoms with Crippen LogP contribution < -0.4 is 5.73 Å². The summed E-state index contributed by atoms with van der Waals surface area (Å²) in [6.45, 7) is 1.80. The Morgan fingerprint density at radius 3 is 2.78 bits per heavy atom. The van der Waals surface area contributed by atoms with Crippen molar-refractivity contribution in [3.63, 3.8) is 0 Å². The normalized spacial score (nSPS) is 10.9. The average molecular weight is 246 g/mol. The summed E-state index contributed by atoms with van der Waals surface area (Å²) in [4.78, 5) is 17.8. The van der Waals surface area contributed by atoms with Gasteiger partial charge < -0.3 is 10.2 Å². The summed E-state index contributed by atoms with van der Waals surface area (Å²) >= 11 is 0. The molecule has 0 saturated carbocycles. The lowest BCUT2D eigenvalue weighted by Crippen LogP contribution is -1.97. The van der Waals surface area contributed by atoms with Crippen LogP contribution in [0.15, 0.2) is 22.6 Å². The van der Waals surface area contributed by atoms with Gasteiger partial charge in [0.25, 0.3) is 0 Å². The summed E-state index contributed by atoms with van der Waals surface area (Å²) in [6.07, 6.45) is 3.22. The molecule has 0 spiro atoms. The Bertz CT molecular complexity index is 598. The number of hydrogen-bond acceptors (Lipinski definition) is 6. The molecule has 2 N–H and O–H groups in total. The number of anilines is 1. The highest BCUT2D eigenvalue weighted by Crippen LogP contribution is 2.17. The molecule has 0 amide bonds. The lowest BCUT2D eigenvalue weighted by molar-refractivity contribution is -0.402. The van der Waals surface area contributed by atoms with Crippen molar-refractivity contribution in [2.24, 2.45) is 0 Å². The molecule has 0 aliphatic carbocycles. The van der Waals surface area contributed by atoms with Gasteiger partial charge in [-0.15, -0.1) is 0 Å². The molecule has 7 heteroatoms. The Labute approximate surface area is 102 Å². The minimum atomic E-state index is -0.593. The van der Waals surface area contributed by atoms with E-state index in [0.717, 1.165) is 5.69 Å². The van der Waals surface area contributed by atoms with Crippen LogP contribution in [-0.2, 0) is 0 Å². The van der Waals surface area contributed by atoms with Crippen molar-refractivity contribution in [3.8, 4) is 0 Å². The smallest absolute Gasteiger partial charge is 0.401 e. The Hall–Kier alpha value is -2.70. The van der Waals surface area contributed by atoms with E-state index in [0.29, 0.717) is 11.5 Å². The van der Waals surface area contributed by atoms with E-state index in [1.54, 1.807) is 25.1 Å². The third-order valence-corrected chi connectivity index (χ3v) is 2.10. The average Bonchev–Trinajstić information content (AvgIpc) is 2.73. The third-order valence-electron chi connectivity index (χ3n) is 2.10. The first-order chi connectivity index (χ1) is 8.54. The number of nitrogen functional groups attached to an aromatic ring is 1. The molecule has 2 rings (SSSR count). The van der Waals surface area contributed by atoms with Crippen LogP contribution in [0.2, 0.25) is 0 Å². The molecule has 0 aliphatic heterocycles. The fraction of sp³-hybridized carbons (Fsp3) is 0.0909. The highest BCUT2D eigenvalue weighted by molar-refractivity contribution is 5.66. The van der Waals surface area contributed by atoms with Gasteiger partial charge in [0, 0.05) is 5.69 Å². The number of furan rings is 1. The maximum Gasteiger partial charge on any atom is 0.433 e. The molecule has 2 heterocycles. The number of hydrogen-bond donors (Lipinski definition) is 1. The number of rotatable bonds is 3. The van der Waals surface area contributed by atoms with E-state index in [9.17, 15) is 10.1 Å². The second-order valence-electron chi connectivity index (χ2n) is 3.56. The lowest BCUT2D eigenvalue weighted by Gasteiger charge is -1.97. The minimum absolute atomic E-state index is 0.181. The number of aryl methyl sites for hydroxylation is 1. The molecule has 0 radical (unpaired) electrons. The maximum atomic E-state index is 10.4. The zero-order chi connectivity index (χ0) is 13.1. The third kappa shape index (κ3) is 2.70. The highest BCUT2D eigenvalue weighted by atomic mass is 16.6. The first-order valence-corrected chi connectivity index (χ1v) is 5.08. The fourth-order valence-electron chi connectivity index (χ4n) is 1.40. The summed E-state index contributed by atoms with van der Waals surface area (Å²) < 4.78 is 4.97. The fourth-order valence-corrected chi connectivity index (χ4v) is 1.40. The highest BCUT2D eigenvalue weighted by Gasteiger charge is 2.09. The van der Waals surface area contributed by atoms with Crippen LogP contribution in [0.4, 0.5) is 11.8 Å². The van der Waals surface area contributed by atoms with E-state index in [2.05, 4.69) is 9.97 Å². The minimum Gasteiger partial charge on any atom is -0.401 e. The zero-order valence-electron chi connectivity index (χ0n) is 9.53. The van der Waals surface area contributed by atoms with Crippen LogP contribution in [0, 0.1) is 17.0 Å². The summed E-state index contributed by atoms with van der Waals surface area (Å²) in [7, 11) is 0. The van der Waals surface area contributed by atoms with Crippen LogP contribution >= 0.6 is 0 Å². The first-order valence-electron chi connectivity index (χ1n) is 5.08. The Balaban J connectivity index is 2.21. The predicted octanol–water partition coefficient (Wildman–Crippen LogP) is 2.04. The molecular formula is C11H10N4O3. The predicted molar refractivity (Wildman–Crippen MR) is 65.5 cm³/mol. The number of aromatic nitrogens is 2. The molecule has 0 bridgehead atoms. The SMILES string of the molecule is Cc1cc(C=Cc2ccc([N+](=O)[O-])o2)nc(N)n1. The maximum absolute atomic E-state index is 10.4. The largest absolute Gasteiger partial charge is 0.433 e. The van der Waals surface area contributed by atoms with E-state index in [1.165, 1.54) is 12.1 Å². The molecule has 0 fully saturated rings. The van der Waals surface area contributed by atoms with E-state index in [1.807, 2.05) is 0 Å². The van der Waals surface area contributed by atoms with Crippen LogP contribution in [0.1, 0.15) is 17.1 Å². The molecule has 0 saturated heterocycles. The summed E-state index contributed by atoms with van der Waals surface area (Å²) in [5, 5.41) is 10.4. The molecule has 0 aromatic carbocycles. The van der Waals surface area contributed by atoms with Gasteiger partial charge in [-0.25, -0.2) is 9.97 Å². The second-order valence-corrected chi connectivity index (χ2v) is 3.56. The van der Waals surface area contributed by atoms with Crippen LogP contribution in [0.3, 0.4) is 0 Å². The van der Waals surface area contributed by atoms with Crippen molar-refractivity contribution in [1.82, 2.24) is 9.97 Å². The molecule has 18 heavy (non-hydrogen) atoms. The van der Waals surface area contributed by atoms with Crippen molar-refractivity contribution in [2.75, 3.05) is 5.73 Å². The van der Waals surface area contributed by atoms with Crippen molar-refractivity contribution in [2.45, 2.75) is 6.92 Å². The van der Waals surface area contributed by atoms with Gasteiger partial charge >= 0.3 is 5.88 Å². The van der Waals surface area contributed by atoms with Gasteiger partial charge in [-0.05, 0) is 31.2 Å². The van der Waals surface area contributed by atoms with Gasteiger partial charge in [0.15, 0.2) is 0 Å². The van der Waals surface area contributed by atoms with Crippen LogP contribution in [0.25, 0.3) is 12.2 Å². The molecule has 2 aromatic rings. The van der Waals surface area contributed by atoms with Crippen molar-refractivity contribution in [1.29, 1.82) is 0 Å². The monoisotopic (exact) mass is 246 g/mol. The zero-order valence-corrected chi connectivity index (χ0v) is 9.53. The van der Waals surface area contributed by atoms with Crippen LogP contribution in [-0.4, -0.2) is 14.9 Å². The molecule has 0 unspecified atom stereocenters. The van der Waals surface area contributed by atoms with E-state index >= 15 is 0 Å². The van der Waals surface area contributed by atoms with Crippen molar-refractivity contribution in [3.05, 3.63) is 45.5 Å². The van der Waals surface area contributed by atoms with Gasteiger partial charge in [0.2, 0.25) is 5.95 Å². The number of nitro groups is 1. The van der Waals surface area contributed by atoms with E-state index < -0.39 is 4.92 Å². The molecule has 92 valence electrons. The van der Waals surface area contributed by atoms with Gasteiger partial charge in [0.1, 0.15) is 10.7 Å². The first kappa shape index (κ1) is 11.8. The Morgan fingerprint density at radius 1 is 1.39 bits per heavy atom. The standard InChI is InChI=1S/C11H10N4O3/c1-7-6-8(14-11(12)13-7)2-3-9-4-5-10(18-9)15(16)17/h2-6H,1H3,(H2,12,13,14). The molecule has 2 aromatic heterocycles. The van der Waals surface area contributed by atoms with Gasteiger partial charge in [0.05, 0.1) is 11.8 Å². The van der Waals surface area contributed by atoms with E-state index in [-0.39, 0.29) is 11.8 Å². The summed E-state index contributed by atoms with van der Waals surface area (Å²) in [5.74, 6) is 0.254. The van der Waals surface area contributed by atoms with Crippen molar-refractivity contribution < 1.29 is 9.34 Å². The van der Waals surface area contributed by atoms with E-state index in [4.69, 9.17) is 10.2 Å². The molecule has 0 atom stereocenters. The second kappa shape index (κ2) is 4.66. The van der Waals surface area contributed by atoms with Gasteiger partial charge in [-0.3, -0.25) is 10.1 Å². The summed E-state index contributed by atoms with van der Waals surface area (Å²) in [5.41, 5.74) is 6.86. The topological polar surface area (TPSA) is 108 Å². The Kier molecular flexibility index (Phi) is 3.05. The molecule has 0 aliphatic rings. The quantitative estimate of drug-likeness (QED) is 0.655. The van der Waals surface area contributed by atoms with Crippen molar-refractivity contribution >= 4 is 24.0 Å². The number of nitrogens with two attached hydrogens (primary N) is 1. The molecule has 7 nitrogen and oxygen atoms in total. The summed E-state index contributed by atoms with van der Waals surface area (Å²) in [6, 6.07) is 4.54. The lowest BCUT2D eigenvalue weighted by atomic mass is 10.3. The Morgan fingerprint density at radius 2 is 2.17 bits per heavy atom. The van der Waals surface area contributed by atoms with Gasteiger partial charge in [-0.2, -0.15) is 0 Å². The molecular weight excluding hydrogens is 236 g/mol. The van der Waals surface area contributed by atoms with Crippen LogP contribution in [0.5, 0.6) is 0 Å².